The van der Waals surface area contributed by atoms with Crippen molar-refractivity contribution in [1.82, 2.24) is 34.6 Å². The fraction of sp³-hybridized carbons (Fsp3) is 0.458. The number of hydrogen-bond donors (Lipinski definition) is 1. The number of amides is 1. The van der Waals surface area contributed by atoms with Crippen LogP contribution >= 0.6 is 23.1 Å². The van der Waals surface area contributed by atoms with Crippen molar-refractivity contribution in [2.75, 3.05) is 44.6 Å². The summed E-state index contributed by atoms with van der Waals surface area (Å²) < 4.78 is 23.2. The van der Waals surface area contributed by atoms with Gasteiger partial charge in [-0.1, -0.05) is 18.3 Å². The van der Waals surface area contributed by atoms with Crippen LogP contribution in [0.2, 0.25) is 0 Å². The largest absolute Gasteiger partial charge is 0.473 e. The van der Waals surface area contributed by atoms with Crippen LogP contribution in [0.25, 0.3) is 15.9 Å². The minimum atomic E-state index is -0.423. The van der Waals surface area contributed by atoms with Crippen molar-refractivity contribution >= 4 is 50.0 Å². The van der Waals surface area contributed by atoms with Crippen molar-refractivity contribution in [2.45, 2.75) is 42.3 Å². The molecule has 4 heterocycles. The standard InChI is InChI=1S/C24H27FN8O2S2/c1-2-31-8-10-32(11-9-31)14-21(34)27-23-26-17-12-16(25)18(13-19(17)36-23)37-24-29-28-20-6-7-22(30-33(20)24)35-15-4-3-5-15/h6-7,12-13,15H,2-5,8-11,14H2,1H3,(H,26,27,34). The first-order valence-corrected chi connectivity index (χ1v) is 14.1. The second kappa shape index (κ2) is 10.5. The van der Waals surface area contributed by atoms with E-state index in [1.54, 1.807) is 22.7 Å². The second-order valence-corrected chi connectivity index (χ2v) is 11.3. The molecule has 4 aromatic rings. The molecule has 37 heavy (non-hydrogen) atoms. The van der Waals surface area contributed by atoms with Crippen LogP contribution in [0.4, 0.5) is 9.52 Å². The Morgan fingerprint density at radius 3 is 2.76 bits per heavy atom. The van der Waals surface area contributed by atoms with Gasteiger partial charge in [0.1, 0.15) is 11.9 Å². The van der Waals surface area contributed by atoms with Gasteiger partial charge >= 0.3 is 0 Å². The van der Waals surface area contributed by atoms with Gasteiger partial charge in [0.2, 0.25) is 16.9 Å². The monoisotopic (exact) mass is 542 g/mol. The summed E-state index contributed by atoms with van der Waals surface area (Å²) in [5.74, 6) is -0.0297. The highest BCUT2D eigenvalue weighted by Gasteiger charge is 2.22. The van der Waals surface area contributed by atoms with E-state index in [9.17, 15) is 4.79 Å². The lowest BCUT2D eigenvalue weighted by molar-refractivity contribution is -0.117. The van der Waals surface area contributed by atoms with Gasteiger partial charge in [0.15, 0.2) is 10.8 Å². The highest BCUT2D eigenvalue weighted by molar-refractivity contribution is 7.99. The number of likely N-dealkylation sites (N-methyl/N-ethyl adjacent to an activating group) is 1. The van der Waals surface area contributed by atoms with Crippen LogP contribution in [0.5, 0.6) is 5.88 Å². The van der Waals surface area contributed by atoms with Crippen LogP contribution in [0.15, 0.2) is 34.3 Å². The first-order chi connectivity index (χ1) is 18.0. The Bertz CT molecular complexity index is 1430. The Morgan fingerprint density at radius 2 is 2.00 bits per heavy atom. The van der Waals surface area contributed by atoms with Crippen LogP contribution in [0.1, 0.15) is 26.2 Å². The molecule has 3 aromatic heterocycles. The molecular formula is C24H27FN8O2S2. The summed E-state index contributed by atoms with van der Waals surface area (Å²) in [4.78, 5) is 21.9. The Kier molecular flexibility index (Phi) is 6.93. The first-order valence-electron chi connectivity index (χ1n) is 12.5. The number of benzene rings is 1. The van der Waals surface area contributed by atoms with Gasteiger partial charge in [0.05, 0.1) is 21.7 Å². The number of anilines is 1. The van der Waals surface area contributed by atoms with Gasteiger partial charge in [-0.3, -0.25) is 9.69 Å². The molecule has 1 saturated carbocycles. The number of fused-ring (bicyclic) bond motifs is 2. The van der Waals surface area contributed by atoms with E-state index in [2.05, 4.69) is 42.3 Å². The number of thiazole rings is 1. The summed E-state index contributed by atoms with van der Waals surface area (Å²) in [6.07, 6.45) is 3.43. The van der Waals surface area contributed by atoms with E-state index in [-0.39, 0.29) is 12.0 Å². The maximum Gasteiger partial charge on any atom is 0.240 e. The number of piperazine rings is 1. The maximum atomic E-state index is 15.0. The number of rotatable bonds is 8. The van der Waals surface area contributed by atoms with Crippen molar-refractivity contribution in [1.29, 1.82) is 0 Å². The van der Waals surface area contributed by atoms with Crippen LogP contribution in [-0.2, 0) is 4.79 Å². The lowest BCUT2D eigenvalue weighted by Crippen LogP contribution is -2.48. The number of halogens is 1. The van der Waals surface area contributed by atoms with E-state index in [4.69, 9.17) is 4.74 Å². The number of aromatic nitrogens is 5. The molecule has 1 N–H and O–H groups in total. The molecular weight excluding hydrogens is 515 g/mol. The van der Waals surface area contributed by atoms with Crippen molar-refractivity contribution < 1.29 is 13.9 Å². The fourth-order valence-electron chi connectivity index (χ4n) is 4.32. The van der Waals surface area contributed by atoms with Crippen molar-refractivity contribution in [3.63, 3.8) is 0 Å². The SMILES string of the molecule is CCN1CCN(CC(=O)Nc2nc3cc(F)c(Sc4nnc5ccc(OC6CCC6)nn45)cc3s2)CC1. The first kappa shape index (κ1) is 24.5. The van der Waals surface area contributed by atoms with Crippen molar-refractivity contribution in [3.8, 4) is 5.88 Å². The number of carbonyl (C=O) groups excluding carboxylic acids is 1. The van der Waals surface area contributed by atoms with E-state index in [0.717, 1.165) is 62.0 Å². The fourth-order valence-corrected chi connectivity index (χ4v) is 6.13. The van der Waals surface area contributed by atoms with Gasteiger partial charge in [0, 0.05) is 38.3 Å². The Hall–Kier alpha value is -2.87. The third kappa shape index (κ3) is 5.40. The molecule has 2 fully saturated rings. The molecule has 10 nitrogen and oxygen atoms in total. The third-order valence-electron chi connectivity index (χ3n) is 6.72. The number of ether oxygens (including phenoxy) is 1. The minimum Gasteiger partial charge on any atom is -0.473 e. The molecule has 1 saturated heterocycles. The van der Waals surface area contributed by atoms with Gasteiger partial charge in [-0.2, -0.15) is 4.52 Å². The number of hydrogen-bond acceptors (Lipinski definition) is 10. The zero-order valence-corrected chi connectivity index (χ0v) is 22.0. The molecule has 1 amide bonds. The third-order valence-corrected chi connectivity index (χ3v) is 8.62. The molecule has 1 aromatic carbocycles. The molecule has 1 aliphatic heterocycles. The molecule has 0 radical (unpaired) electrons. The van der Waals surface area contributed by atoms with Crippen LogP contribution < -0.4 is 10.1 Å². The minimum absolute atomic E-state index is 0.111. The van der Waals surface area contributed by atoms with E-state index < -0.39 is 5.82 Å². The molecule has 13 heteroatoms. The Labute approximate surface area is 221 Å². The predicted octanol–water partition coefficient (Wildman–Crippen LogP) is 3.53. The summed E-state index contributed by atoms with van der Waals surface area (Å²) in [6, 6.07) is 6.68. The number of nitrogens with one attached hydrogen (secondary N) is 1. The van der Waals surface area contributed by atoms with Crippen molar-refractivity contribution in [2.24, 2.45) is 0 Å². The average molecular weight is 543 g/mol. The summed E-state index contributed by atoms with van der Waals surface area (Å²) >= 11 is 2.46. The molecule has 0 atom stereocenters. The van der Waals surface area contributed by atoms with E-state index in [1.807, 2.05) is 0 Å². The highest BCUT2D eigenvalue weighted by atomic mass is 32.2. The highest BCUT2D eigenvalue weighted by Crippen LogP contribution is 2.35. The van der Waals surface area contributed by atoms with Crippen LogP contribution in [0, 0.1) is 5.82 Å². The van der Waals surface area contributed by atoms with Crippen LogP contribution in [-0.4, -0.2) is 85.9 Å². The van der Waals surface area contributed by atoms with Gasteiger partial charge in [0.25, 0.3) is 0 Å². The zero-order valence-electron chi connectivity index (χ0n) is 20.4. The summed E-state index contributed by atoms with van der Waals surface area (Å²) in [5, 5.41) is 16.6. The van der Waals surface area contributed by atoms with Gasteiger partial charge in [-0.25, -0.2) is 9.37 Å². The summed E-state index contributed by atoms with van der Waals surface area (Å²) in [5.41, 5.74) is 1.06. The Balaban J connectivity index is 1.15. The average Bonchev–Trinajstić information content (AvgIpc) is 3.44. The summed E-state index contributed by atoms with van der Waals surface area (Å²) in [7, 11) is 0. The molecule has 6 rings (SSSR count). The Morgan fingerprint density at radius 1 is 1.19 bits per heavy atom. The molecule has 1 aliphatic carbocycles. The smallest absolute Gasteiger partial charge is 0.240 e. The molecule has 0 spiro atoms. The predicted molar refractivity (Wildman–Crippen MR) is 140 cm³/mol. The van der Waals surface area contributed by atoms with E-state index in [1.165, 1.54) is 23.8 Å². The molecule has 194 valence electrons. The van der Waals surface area contributed by atoms with Gasteiger partial charge in [-0.15, -0.1) is 15.3 Å². The molecule has 0 unspecified atom stereocenters. The summed E-state index contributed by atoms with van der Waals surface area (Å²) in [6.45, 7) is 7.17. The molecule has 2 aliphatic rings. The lowest BCUT2D eigenvalue weighted by atomic mass is 9.96. The van der Waals surface area contributed by atoms with Crippen LogP contribution in [0.3, 0.4) is 0 Å². The number of carbonyl (C=O) groups is 1. The second-order valence-electron chi connectivity index (χ2n) is 9.22. The lowest BCUT2D eigenvalue weighted by Gasteiger charge is -2.33. The zero-order chi connectivity index (χ0) is 25.4. The quantitative estimate of drug-likeness (QED) is 0.358. The molecule has 0 bridgehead atoms. The number of nitrogens with zero attached hydrogens (tertiary/aromatic N) is 7. The topological polar surface area (TPSA) is 101 Å². The maximum absolute atomic E-state index is 15.0. The normalized spacial score (nSPS) is 17.4. The van der Waals surface area contributed by atoms with Gasteiger partial charge in [-0.05, 0) is 49.7 Å². The van der Waals surface area contributed by atoms with E-state index in [0.29, 0.717) is 38.8 Å². The van der Waals surface area contributed by atoms with Crippen molar-refractivity contribution in [3.05, 3.63) is 30.1 Å². The van der Waals surface area contributed by atoms with E-state index >= 15 is 4.39 Å². The van der Waals surface area contributed by atoms with Gasteiger partial charge < -0.3 is 15.0 Å².